The van der Waals surface area contributed by atoms with E-state index in [2.05, 4.69) is 82.9 Å². The number of hydrogen-bond acceptors (Lipinski definition) is 2. The molecule has 0 fully saturated rings. The lowest BCUT2D eigenvalue weighted by molar-refractivity contribution is 0.547. The summed E-state index contributed by atoms with van der Waals surface area (Å²) in [5.41, 5.74) is 4.61. The lowest BCUT2D eigenvalue weighted by Crippen LogP contribution is -2.26. The molecule has 0 aliphatic rings. The van der Waals surface area contributed by atoms with E-state index < -0.39 is 0 Å². The molecule has 2 heterocycles. The Hall–Kier alpha value is -2.01. The molecule has 0 saturated heterocycles. The van der Waals surface area contributed by atoms with Crippen LogP contribution >= 0.6 is 24.8 Å². The minimum Gasteiger partial charge on any atom is -0.313 e. The minimum atomic E-state index is 0. The summed E-state index contributed by atoms with van der Waals surface area (Å²) in [4.78, 5) is 4.86. The van der Waals surface area contributed by atoms with E-state index in [1.807, 2.05) is 6.07 Å². The smallest absolute Gasteiger partial charge is 0.215 e. The lowest BCUT2D eigenvalue weighted by Gasteiger charge is -2.11. The third kappa shape index (κ3) is 3.73. The summed E-state index contributed by atoms with van der Waals surface area (Å²) >= 11 is 0. The molecule has 0 saturated carbocycles. The van der Waals surface area contributed by atoms with Crippen LogP contribution in [-0.4, -0.2) is 26.5 Å². The number of fused-ring (bicyclic) bond motifs is 3. The van der Waals surface area contributed by atoms with Crippen molar-refractivity contribution >= 4 is 41.6 Å². The normalized spacial score (nSPS) is 10.9. The molecular formula is C20H24Cl2N4. The van der Waals surface area contributed by atoms with Crippen molar-refractivity contribution in [2.45, 2.75) is 26.4 Å². The number of halogens is 2. The molecule has 0 atom stereocenters. The molecule has 0 spiro atoms. The fraction of sp³-hybridized carbons (Fsp3) is 0.250. The molecule has 0 unspecified atom stereocenters. The first-order chi connectivity index (χ1) is 11.7. The quantitative estimate of drug-likeness (QED) is 0.531. The van der Waals surface area contributed by atoms with Gasteiger partial charge >= 0.3 is 0 Å². The summed E-state index contributed by atoms with van der Waals surface area (Å²) in [6.45, 7) is 6.16. The van der Waals surface area contributed by atoms with Gasteiger partial charge in [0.2, 0.25) is 5.78 Å². The number of hydrogen-bond donors (Lipinski definition) is 1. The van der Waals surface area contributed by atoms with Gasteiger partial charge in [-0.25, -0.2) is 4.98 Å². The molecule has 0 radical (unpaired) electrons. The zero-order valence-electron chi connectivity index (χ0n) is 14.9. The largest absolute Gasteiger partial charge is 0.313 e. The number of benzene rings is 2. The molecule has 4 rings (SSSR count). The van der Waals surface area contributed by atoms with Crippen LogP contribution in [0, 0.1) is 0 Å². The first-order valence-corrected chi connectivity index (χ1v) is 8.49. The second-order valence-electron chi connectivity index (χ2n) is 6.41. The highest BCUT2D eigenvalue weighted by Crippen LogP contribution is 2.26. The second kappa shape index (κ2) is 8.58. The van der Waals surface area contributed by atoms with Crippen molar-refractivity contribution in [2.24, 2.45) is 0 Å². The maximum absolute atomic E-state index is 4.86. The Morgan fingerprint density at radius 1 is 0.962 bits per heavy atom. The van der Waals surface area contributed by atoms with E-state index in [1.54, 1.807) is 0 Å². The molecule has 2 aromatic heterocycles. The predicted molar refractivity (Wildman–Crippen MR) is 114 cm³/mol. The van der Waals surface area contributed by atoms with Gasteiger partial charge in [0, 0.05) is 25.3 Å². The summed E-state index contributed by atoms with van der Waals surface area (Å²) < 4.78 is 4.51. The Balaban J connectivity index is 0.00000121. The average molecular weight is 391 g/mol. The first-order valence-electron chi connectivity index (χ1n) is 8.49. The van der Waals surface area contributed by atoms with Crippen LogP contribution in [0.3, 0.4) is 0 Å². The van der Waals surface area contributed by atoms with Crippen LogP contribution in [0.2, 0.25) is 0 Å². The summed E-state index contributed by atoms with van der Waals surface area (Å²) in [5.74, 6) is 1.00. The van der Waals surface area contributed by atoms with Crippen molar-refractivity contribution in [3.8, 4) is 11.3 Å². The van der Waals surface area contributed by atoms with Crippen molar-refractivity contribution in [3.05, 3.63) is 60.8 Å². The maximum Gasteiger partial charge on any atom is 0.215 e. The Kier molecular flexibility index (Phi) is 6.70. The standard InChI is InChI=1S/C20H22N4.2ClH/c1-15(2)21-12-13-23-19(16-8-4-3-5-9-16)14-24-18-11-7-6-10-17(18)22-20(23)24;;/h3-11,14-15,21H,12-13H2,1-2H3;2*1H. The lowest BCUT2D eigenvalue weighted by atomic mass is 10.2. The van der Waals surface area contributed by atoms with Gasteiger partial charge in [0.25, 0.3) is 0 Å². The van der Waals surface area contributed by atoms with Gasteiger partial charge in [0.05, 0.1) is 16.7 Å². The highest BCUT2D eigenvalue weighted by Gasteiger charge is 2.15. The minimum absolute atomic E-state index is 0. The van der Waals surface area contributed by atoms with Crippen LogP contribution in [0.4, 0.5) is 0 Å². The van der Waals surface area contributed by atoms with Gasteiger partial charge in [-0.1, -0.05) is 56.3 Å². The monoisotopic (exact) mass is 390 g/mol. The molecule has 1 N–H and O–H groups in total. The topological polar surface area (TPSA) is 34.3 Å². The van der Waals surface area contributed by atoms with E-state index in [0.29, 0.717) is 6.04 Å². The number of para-hydroxylation sites is 2. The van der Waals surface area contributed by atoms with Crippen molar-refractivity contribution in [1.82, 2.24) is 19.3 Å². The molecule has 6 heteroatoms. The van der Waals surface area contributed by atoms with Crippen molar-refractivity contribution in [2.75, 3.05) is 6.54 Å². The van der Waals surface area contributed by atoms with Gasteiger partial charge in [0.15, 0.2) is 0 Å². The fourth-order valence-corrected chi connectivity index (χ4v) is 3.17. The van der Waals surface area contributed by atoms with Crippen LogP contribution in [0.15, 0.2) is 60.8 Å². The highest BCUT2D eigenvalue weighted by molar-refractivity contribution is 5.85. The Morgan fingerprint density at radius 2 is 1.65 bits per heavy atom. The zero-order valence-corrected chi connectivity index (χ0v) is 16.6. The van der Waals surface area contributed by atoms with Gasteiger partial charge in [0.1, 0.15) is 0 Å². The van der Waals surface area contributed by atoms with Crippen LogP contribution < -0.4 is 5.32 Å². The molecule has 4 nitrogen and oxygen atoms in total. The molecule has 0 aliphatic carbocycles. The van der Waals surface area contributed by atoms with E-state index in [1.165, 1.54) is 11.3 Å². The van der Waals surface area contributed by atoms with Crippen LogP contribution in [0.1, 0.15) is 13.8 Å². The summed E-state index contributed by atoms with van der Waals surface area (Å²) in [6, 6.07) is 19.3. The maximum atomic E-state index is 4.86. The average Bonchev–Trinajstić information content (AvgIpc) is 3.12. The Morgan fingerprint density at radius 3 is 2.38 bits per heavy atom. The van der Waals surface area contributed by atoms with E-state index in [0.717, 1.165) is 29.9 Å². The molecule has 2 aromatic carbocycles. The molecular weight excluding hydrogens is 367 g/mol. The highest BCUT2D eigenvalue weighted by atomic mass is 35.5. The fourth-order valence-electron chi connectivity index (χ4n) is 3.17. The summed E-state index contributed by atoms with van der Waals surface area (Å²) in [7, 11) is 0. The number of imidazole rings is 2. The number of nitrogens with zero attached hydrogens (tertiary/aromatic N) is 3. The van der Waals surface area contributed by atoms with Gasteiger partial charge in [-0.05, 0) is 17.7 Å². The molecule has 26 heavy (non-hydrogen) atoms. The molecule has 0 bridgehead atoms. The third-order valence-electron chi connectivity index (χ3n) is 4.32. The van der Waals surface area contributed by atoms with E-state index in [-0.39, 0.29) is 24.8 Å². The van der Waals surface area contributed by atoms with Crippen LogP contribution in [0.25, 0.3) is 28.1 Å². The van der Waals surface area contributed by atoms with E-state index >= 15 is 0 Å². The van der Waals surface area contributed by atoms with Gasteiger partial charge in [-0.3, -0.25) is 4.40 Å². The zero-order chi connectivity index (χ0) is 16.5. The number of rotatable bonds is 5. The van der Waals surface area contributed by atoms with Crippen molar-refractivity contribution < 1.29 is 0 Å². The second-order valence-corrected chi connectivity index (χ2v) is 6.41. The van der Waals surface area contributed by atoms with E-state index in [4.69, 9.17) is 4.98 Å². The van der Waals surface area contributed by atoms with Gasteiger partial charge in [-0.2, -0.15) is 0 Å². The molecule has 0 amide bonds. The van der Waals surface area contributed by atoms with Crippen molar-refractivity contribution in [1.29, 1.82) is 0 Å². The van der Waals surface area contributed by atoms with Crippen LogP contribution in [0.5, 0.6) is 0 Å². The third-order valence-corrected chi connectivity index (χ3v) is 4.32. The predicted octanol–water partition coefficient (Wildman–Crippen LogP) is 4.80. The Bertz CT molecular complexity index is 973. The summed E-state index contributed by atoms with van der Waals surface area (Å²) in [6.07, 6.45) is 2.20. The molecule has 4 aromatic rings. The summed E-state index contributed by atoms with van der Waals surface area (Å²) in [5, 5.41) is 3.50. The van der Waals surface area contributed by atoms with Crippen LogP contribution in [-0.2, 0) is 6.54 Å². The van der Waals surface area contributed by atoms with Crippen molar-refractivity contribution in [3.63, 3.8) is 0 Å². The van der Waals surface area contributed by atoms with Gasteiger partial charge in [-0.15, -0.1) is 24.8 Å². The molecule has 138 valence electrons. The first kappa shape index (κ1) is 20.3. The number of nitrogens with one attached hydrogen (secondary N) is 1. The molecule has 0 aliphatic heterocycles. The number of aromatic nitrogens is 3. The SMILES string of the molecule is CC(C)NCCn1c(-c2ccccc2)cn2c3ccccc3nc12.Cl.Cl. The van der Waals surface area contributed by atoms with Gasteiger partial charge < -0.3 is 9.88 Å². The van der Waals surface area contributed by atoms with E-state index in [9.17, 15) is 0 Å². The Labute approximate surface area is 166 Å².